The highest BCUT2D eigenvalue weighted by Crippen LogP contribution is 2.60. The first-order valence-corrected chi connectivity index (χ1v) is 9.28. The number of H-pyrrole nitrogens is 1. The van der Waals surface area contributed by atoms with E-state index in [0.717, 1.165) is 30.8 Å². The highest BCUT2D eigenvalue weighted by molar-refractivity contribution is 5.75. The maximum Gasteiger partial charge on any atom is 0.315 e. The van der Waals surface area contributed by atoms with Gasteiger partial charge in [-0.1, -0.05) is 12.8 Å². The SMILES string of the molecule is Cc1cc(C[C@H](C)NC(=O)N[C@@H]2[C@H]3CCO[C@H]3C23CCCC3)n[nH]1. The molecule has 4 rings (SSSR count). The third-order valence-electron chi connectivity index (χ3n) is 6.22. The summed E-state index contributed by atoms with van der Waals surface area (Å²) in [5, 5.41) is 13.5. The van der Waals surface area contributed by atoms with Gasteiger partial charge in [0.2, 0.25) is 0 Å². The number of amides is 2. The molecule has 1 aromatic heterocycles. The van der Waals surface area contributed by atoms with Crippen molar-refractivity contribution in [2.75, 3.05) is 6.61 Å². The van der Waals surface area contributed by atoms with Crippen LogP contribution in [0.4, 0.5) is 4.79 Å². The Hall–Kier alpha value is -1.56. The number of nitrogens with one attached hydrogen (secondary N) is 3. The number of aromatic amines is 1. The number of urea groups is 1. The highest BCUT2D eigenvalue weighted by Gasteiger charge is 2.65. The van der Waals surface area contributed by atoms with Crippen molar-refractivity contribution in [3.8, 4) is 0 Å². The van der Waals surface area contributed by atoms with Crippen LogP contribution >= 0.6 is 0 Å². The van der Waals surface area contributed by atoms with E-state index in [9.17, 15) is 4.79 Å². The van der Waals surface area contributed by atoms with E-state index in [4.69, 9.17) is 4.74 Å². The predicted octanol–water partition coefficient (Wildman–Crippen LogP) is 2.30. The van der Waals surface area contributed by atoms with Gasteiger partial charge in [0.1, 0.15) is 0 Å². The summed E-state index contributed by atoms with van der Waals surface area (Å²) in [6.07, 6.45) is 7.13. The van der Waals surface area contributed by atoms with Gasteiger partial charge >= 0.3 is 6.03 Å². The summed E-state index contributed by atoms with van der Waals surface area (Å²) < 4.78 is 5.98. The lowest BCUT2D eigenvalue weighted by Gasteiger charge is -2.56. The Balaban J connectivity index is 1.33. The van der Waals surface area contributed by atoms with E-state index in [1.165, 1.54) is 25.7 Å². The standard InChI is InChI=1S/C18H28N4O2/c1-11(9-13-10-12(2)21-22-13)19-17(23)20-15-14-5-8-24-16(14)18(15)6-3-4-7-18/h10-11,14-16H,3-9H2,1-2H3,(H,21,22)(H2,19,20,23)/t11-,14+,15+,16+/m0/s1. The van der Waals surface area contributed by atoms with Crippen molar-refractivity contribution in [3.05, 3.63) is 17.5 Å². The first kappa shape index (κ1) is 15.9. The van der Waals surface area contributed by atoms with Crippen molar-refractivity contribution in [3.63, 3.8) is 0 Å². The molecule has 1 saturated heterocycles. The molecule has 0 unspecified atom stereocenters. The molecule has 3 aliphatic rings. The molecule has 132 valence electrons. The molecule has 4 atom stereocenters. The van der Waals surface area contributed by atoms with Gasteiger partial charge in [-0.15, -0.1) is 0 Å². The van der Waals surface area contributed by atoms with Crippen LogP contribution in [0.3, 0.4) is 0 Å². The molecule has 0 radical (unpaired) electrons. The summed E-state index contributed by atoms with van der Waals surface area (Å²) in [6, 6.07) is 2.32. The van der Waals surface area contributed by atoms with Gasteiger partial charge in [-0.3, -0.25) is 5.10 Å². The van der Waals surface area contributed by atoms with E-state index in [1.807, 2.05) is 19.9 Å². The number of nitrogens with zero attached hydrogens (tertiary/aromatic N) is 1. The van der Waals surface area contributed by atoms with Crippen molar-refractivity contribution in [1.82, 2.24) is 20.8 Å². The van der Waals surface area contributed by atoms with Gasteiger partial charge in [-0.2, -0.15) is 5.10 Å². The molecule has 2 heterocycles. The smallest absolute Gasteiger partial charge is 0.315 e. The van der Waals surface area contributed by atoms with Gasteiger partial charge in [-0.05, 0) is 39.2 Å². The van der Waals surface area contributed by atoms with Crippen LogP contribution in [0.2, 0.25) is 0 Å². The molecule has 6 heteroatoms. The van der Waals surface area contributed by atoms with Gasteiger partial charge in [0.25, 0.3) is 0 Å². The minimum atomic E-state index is -0.0450. The Morgan fingerprint density at radius 3 is 3.00 bits per heavy atom. The van der Waals surface area contributed by atoms with E-state index in [-0.39, 0.29) is 23.5 Å². The fourth-order valence-corrected chi connectivity index (χ4v) is 5.25. The first-order valence-electron chi connectivity index (χ1n) is 9.28. The van der Waals surface area contributed by atoms with Crippen LogP contribution < -0.4 is 10.6 Å². The summed E-state index contributed by atoms with van der Waals surface area (Å²) in [5.41, 5.74) is 2.24. The van der Waals surface area contributed by atoms with Crippen molar-refractivity contribution in [2.24, 2.45) is 11.3 Å². The Labute approximate surface area is 143 Å². The Kier molecular flexibility index (Phi) is 4.03. The third-order valence-corrected chi connectivity index (χ3v) is 6.22. The zero-order chi connectivity index (χ0) is 16.7. The Morgan fingerprint density at radius 2 is 2.29 bits per heavy atom. The molecule has 2 saturated carbocycles. The highest BCUT2D eigenvalue weighted by atomic mass is 16.5. The number of hydrogen-bond donors (Lipinski definition) is 3. The maximum atomic E-state index is 12.5. The van der Waals surface area contributed by atoms with Gasteiger partial charge < -0.3 is 15.4 Å². The summed E-state index contributed by atoms with van der Waals surface area (Å²) in [7, 11) is 0. The minimum Gasteiger partial charge on any atom is -0.377 e. The molecule has 0 aromatic carbocycles. The second-order valence-corrected chi connectivity index (χ2v) is 7.93. The van der Waals surface area contributed by atoms with Crippen LogP contribution in [-0.4, -0.2) is 41.0 Å². The van der Waals surface area contributed by atoms with Crippen LogP contribution in [0, 0.1) is 18.3 Å². The summed E-state index contributed by atoms with van der Waals surface area (Å²) in [5.74, 6) is 0.512. The number of fused-ring (bicyclic) bond motifs is 2. The van der Waals surface area contributed by atoms with Crippen LogP contribution in [0.1, 0.15) is 50.4 Å². The van der Waals surface area contributed by atoms with Crippen LogP contribution in [-0.2, 0) is 11.2 Å². The fraction of sp³-hybridized carbons (Fsp3) is 0.778. The zero-order valence-corrected chi connectivity index (χ0v) is 14.6. The van der Waals surface area contributed by atoms with Gasteiger partial charge in [0, 0.05) is 42.1 Å². The Bertz CT molecular complexity index is 608. The quantitative estimate of drug-likeness (QED) is 0.791. The molecule has 6 nitrogen and oxygen atoms in total. The lowest BCUT2D eigenvalue weighted by Crippen LogP contribution is -2.69. The van der Waals surface area contributed by atoms with E-state index in [2.05, 4.69) is 20.8 Å². The lowest BCUT2D eigenvalue weighted by atomic mass is 9.54. The van der Waals surface area contributed by atoms with Crippen molar-refractivity contribution in [2.45, 2.75) is 70.6 Å². The minimum absolute atomic E-state index is 0.0450. The normalized spacial score (nSPS) is 31.5. The fourth-order valence-electron chi connectivity index (χ4n) is 5.25. The van der Waals surface area contributed by atoms with Crippen molar-refractivity contribution >= 4 is 6.03 Å². The molecular formula is C18H28N4O2. The predicted molar refractivity (Wildman–Crippen MR) is 90.7 cm³/mol. The number of ether oxygens (including phenoxy) is 1. The molecule has 3 fully saturated rings. The third kappa shape index (κ3) is 2.61. The van der Waals surface area contributed by atoms with Crippen molar-refractivity contribution < 1.29 is 9.53 Å². The van der Waals surface area contributed by atoms with Crippen LogP contribution in [0.25, 0.3) is 0 Å². The largest absolute Gasteiger partial charge is 0.377 e. The monoisotopic (exact) mass is 332 g/mol. The zero-order valence-electron chi connectivity index (χ0n) is 14.6. The number of carbonyl (C=O) groups is 1. The summed E-state index contributed by atoms with van der Waals surface area (Å²) in [6.45, 7) is 4.86. The lowest BCUT2D eigenvalue weighted by molar-refractivity contribution is -0.126. The number of rotatable bonds is 4. The average Bonchev–Trinajstić information content (AvgIpc) is 3.24. The van der Waals surface area contributed by atoms with E-state index < -0.39 is 0 Å². The van der Waals surface area contributed by atoms with Gasteiger partial charge in [-0.25, -0.2) is 4.79 Å². The molecule has 3 N–H and O–H groups in total. The van der Waals surface area contributed by atoms with E-state index in [1.54, 1.807) is 0 Å². The molecule has 24 heavy (non-hydrogen) atoms. The number of aryl methyl sites for hydroxylation is 1. The molecule has 1 spiro atoms. The summed E-state index contributed by atoms with van der Waals surface area (Å²) in [4.78, 5) is 12.5. The maximum absolute atomic E-state index is 12.5. The van der Waals surface area contributed by atoms with E-state index >= 15 is 0 Å². The van der Waals surface area contributed by atoms with E-state index in [0.29, 0.717) is 12.0 Å². The number of hydrogen-bond acceptors (Lipinski definition) is 3. The van der Waals surface area contributed by atoms with Gasteiger partial charge in [0.05, 0.1) is 11.8 Å². The van der Waals surface area contributed by atoms with Crippen molar-refractivity contribution in [1.29, 1.82) is 0 Å². The second kappa shape index (κ2) is 6.06. The molecule has 2 amide bonds. The van der Waals surface area contributed by atoms with Gasteiger partial charge in [0.15, 0.2) is 0 Å². The topological polar surface area (TPSA) is 79.0 Å². The average molecular weight is 332 g/mol. The molecular weight excluding hydrogens is 304 g/mol. The second-order valence-electron chi connectivity index (χ2n) is 7.93. The number of aromatic nitrogens is 2. The molecule has 2 aliphatic carbocycles. The Morgan fingerprint density at radius 1 is 1.50 bits per heavy atom. The summed E-state index contributed by atoms with van der Waals surface area (Å²) >= 11 is 0. The number of carbonyl (C=O) groups excluding carboxylic acids is 1. The van der Waals surface area contributed by atoms with Crippen LogP contribution in [0.15, 0.2) is 6.07 Å². The molecule has 1 aromatic rings. The first-order chi connectivity index (χ1) is 11.6. The molecule has 0 bridgehead atoms. The van der Waals surface area contributed by atoms with Crippen LogP contribution in [0.5, 0.6) is 0 Å². The molecule has 1 aliphatic heterocycles.